The summed E-state index contributed by atoms with van der Waals surface area (Å²) in [4.78, 5) is 15.2. The zero-order chi connectivity index (χ0) is 14.2. The molecular formula is C17H23N3O. The molecule has 0 aromatic heterocycles. The third kappa shape index (κ3) is 2.47. The number of piperidine rings is 3. The molecule has 2 N–H and O–H groups in total. The molecule has 0 radical (unpaired) electrons. The highest BCUT2D eigenvalue weighted by Crippen LogP contribution is 2.29. The summed E-state index contributed by atoms with van der Waals surface area (Å²) in [6, 6.07) is 8.49. The molecule has 5 rings (SSSR count). The Morgan fingerprint density at radius 3 is 2.81 bits per heavy atom. The maximum Gasteiger partial charge on any atom is 0.242 e. The van der Waals surface area contributed by atoms with E-state index in [1.807, 2.05) is 6.07 Å². The second kappa shape index (κ2) is 5.43. The molecule has 0 aliphatic carbocycles. The average Bonchev–Trinajstić information content (AvgIpc) is 2.55. The van der Waals surface area contributed by atoms with E-state index in [2.05, 4.69) is 33.7 Å². The molecular weight excluding hydrogens is 262 g/mol. The number of rotatable bonds is 2. The summed E-state index contributed by atoms with van der Waals surface area (Å²) in [6.45, 7) is 4.34. The first-order valence-electron chi connectivity index (χ1n) is 8.15. The molecule has 1 amide bonds. The lowest BCUT2D eigenvalue weighted by atomic mass is 9.83. The highest BCUT2D eigenvalue weighted by atomic mass is 16.2. The Morgan fingerprint density at radius 1 is 1.24 bits per heavy atom. The van der Waals surface area contributed by atoms with Crippen LogP contribution in [0.2, 0.25) is 0 Å². The van der Waals surface area contributed by atoms with Gasteiger partial charge in [-0.05, 0) is 49.4 Å². The number of nitrogens with zero attached hydrogens (tertiary/aromatic N) is 1. The SMILES string of the molecule is O=C(NC1CN2CCC1CC2)C1NCCc2ccccc21. The van der Waals surface area contributed by atoms with Gasteiger partial charge in [0.2, 0.25) is 5.91 Å². The maximum atomic E-state index is 12.7. The molecule has 1 aromatic rings. The van der Waals surface area contributed by atoms with Crippen LogP contribution in [0.4, 0.5) is 0 Å². The van der Waals surface area contributed by atoms with Crippen LogP contribution in [-0.2, 0) is 11.2 Å². The first-order valence-corrected chi connectivity index (χ1v) is 8.15. The predicted molar refractivity (Wildman–Crippen MR) is 82.0 cm³/mol. The Kier molecular flexibility index (Phi) is 3.43. The fourth-order valence-electron chi connectivity index (χ4n) is 4.13. The van der Waals surface area contributed by atoms with Crippen LogP contribution in [0, 0.1) is 5.92 Å². The molecule has 4 nitrogen and oxygen atoms in total. The van der Waals surface area contributed by atoms with Crippen molar-refractivity contribution in [2.75, 3.05) is 26.2 Å². The van der Waals surface area contributed by atoms with Crippen LogP contribution in [0.5, 0.6) is 0 Å². The van der Waals surface area contributed by atoms with Crippen LogP contribution in [-0.4, -0.2) is 43.0 Å². The van der Waals surface area contributed by atoms with E-state index >= 15 is 0 Å². The van der Waals surface area contributed by atoms with E-state index < -0.39 is 0 Å². The Balaban J connectivity index is 1.49. The van der Waals surface area contributed by atoms with Gasteiger partial charge in [-0.1, -0.05) is 24.3 Å². The van der Waals surface area contributed by atoms with E-state index in [9.17, 15) is 4.79 Å². The van der Waals surface area contributed by atoms with E-state index in [1.165, 1.54) is 31.5 Å². The predicted octanol–water partition coefficient (Wildman–Crippen LogP) is 1.08. The van der Waals surface area contributed by atoms with Crippen molar-refractivity contribution in [3.05, 3.63) is 35.4 Å². The number of hydrogen-bond donors (Lipinski definition) is 2. The number of nitrogens with one attached hydrogen (secondary N) is 2. The van der Waals surface area contributed by atoms with Crippen molar-refractivity contribution in [2.45, 2.75) is 31.3 Å². The van der Waals surface area contributed by atoms with Gasteiger partial charge in [0, 0.05) is 19.1 Å². The monoisotopic (exact) mass is 285 g/mol. The molecule has 1 aromatic carbocycles. The molecule has 4 aliphatic heterocycles. The first-order chi connectivity index (χ1) is 10.3. The van der Waals surface area contributed by atoms with Crippen molar-refractivity contribution in [1.82, 2.24) is 15.5 Å². The topological polar surface area (TPSA) is 44.4 Å². The number of hydrogen-bond acceptors (Lipinski definition) is 3. The number of carbonyl (C=O) groups is 1. The molecule has 4 heterocycles. The van der Waals surface area contributed by atoms with Crippen molar-refractivity contribution in [3.63, 3.8) is 0 Å². The lowest BCUT2D eigenvalue weighted by Crippen LogP contribution is -2.58. The zero-order valence-corrected chi connectivity index (χ0v) is 12.3. The summed E-state index contributed by atoms with van der Waals surface area (Å²) in [5, 5.41) is 6.70. The minimum absolute atomic E-state index is 0.154. The normalized spacial score (nSPS) is 34.3. The summed E-state index contributed by atoms with van der Waals surface area (Å²) in [7, 11) is 0. The number of carbonyl (C=O) groups excluding carboxylic acids is 1. The fraction of sp³-hybridized carbons (Fsp3) is 0.588. The Morgan fingerprint density at radius 2 is 2.05 bits per heavy atom. The highest BCUT2D eigenvalue weighted by molar-refractivity contribution is 5.84. The van der Waals surface area contributed by atoms with E-state index in [4.69, 9.17) is 0 Å². The molecule has 21 heavy (non-hydrogen) atoms. The minimum atomic E-state index is -0.176. The molecule has 4 aliphatic rings. The van der Waals surface area contributed by atoms with Crippen molar-refractivity contribution in [1.29, 1.82) is 0 Å². The summed E-state index contributed by atoms with van der Waals surface area (Å²) in [5.41, 5.74) is 2.47. The smallest absolute Gasteiger partial charge is 0.242 e. The van der Waals surface area contributed by atoms with Crippen molar-refractivity contribution in [2.24, 2.45) is 5.92 Å². The Bertz CT molecular complexity index is 537. The molecule has 0 spiro atoms. The summed E-state index contributed by atoms with van der Waals surface area (Å²) in [5.74, 6) is 0.832. The second-order valence-electron chi connectivity index (χ2n) is 6.59. The third-order valence-corrected chi connectivity index (χ3v) is 5.35. The average molecular weight is 285 g/mol. The van der Waals surface area contributed by atoms with Gasteiger partial charge in [-0.2, -0.15) is 0 Å². The Hall–Kier alpha value is -1.39. The van der Waals surface area contributed by atoms with Gasteiger partial charge in [0.05, 0.1) is 0 Å². The van der Waals surface area contributed by atoms with Gasteiger partial charge in [0.1, 0.15) is 6.04 Å². The number of amides is 1. The van der Waals surface area contributed by atoms with Gasteiger partial charge in [-0.25, -0.2) is 0 Å². The van der Waals surface area contributed by atoms with E-state index in [0.717, 1.165) is 25.1 Å². The molecule has 2 atom stereocenters. The lowest BCUT2D eigenvalue weighted by molar-refractivity contribution is -0.125. The maximum absolute atomic E-state index is 12.7. The number of benzene rings is 1. The minimum Gasteiger partial charge on any atom is -0.350 e. The standard InChI is InChI=1S/C17H23N3O/c21-17(19-15-11-20-9-6-13(15)7-10-20)16-14-4-2-1-3-12(14)5-8-18-16/h1-4,13,15-16,18H,5-11H2,(H,19,21). The fourth-order valence-corrected chi connectivity index (χ4v) is 4.13. The van der Waals surface area contributed by atoms with Gasteiger partial charge < -0.3 is 15.5 Å². The van der Waals surface area contributed by atoms with Gasteiger partial charge in [-0.3, -0.25) is 4.79 Å². The van der Waals surface area contributed by atoms with Gasteiger partial charge in [-0.15, -0.1) is 0 Å². The molecule has 2 bridgehead atoms. The van der Waals surface area contributed by atoms with Crippen LogP contribution in [0.15, 0.2) is 24.3 Å². The molecule has 112 valence electrons. The van der Waals surface area contributed by atoms with E-state index in [1.54, 1.807) is 0 Å². The lowest BCUT2D eigenvalue weighted by Gasteiger charge is -2.45. The van der Waals surface area contributed by atoms with Crippen molar-refractivity contribution >= 4 is 5.91 Å². The van der Waals surface area contributed by atoms with Crippen LogP contribution < -0.4 is 10.6 Å². The highest BCUT2D eigenvalue weighted by Gasteiger charge is 2.36. The van der Waals surface area contributed by atoms with Crippen LogP contribution in [0.1, 0.15) is 30.0 Å². The van der Waals surface area contributed by atoms with Gasteiger partial charge >= 0.3 is 0 Å². The quantitative estimate of drug-likeness (QED) is 0.855. The van der Waals surface area contributed by atoms with Crippen LogP contribution >= 0.6 is 0 Å². The summed E-state index contributed by atoms with van der Waals surface area (Å²) >= 11 is 0. The molecule has 0 saturated carbocycles. The second-order valence-corrected chi connectivity index (χ2v) is 6.59. The van der Waals surface area contributed by atoms with Crippen LogP contribution in [0.25, 0.3) is 0 Å². The molecule has 2 unspecified atom stereocenters. The van der Waals surface area contributed by atoms with Crippen molar-refractivity contribution in [3.8, 4) is 0 Å². The summed E-state index contributed by atoms with van der Waals surface area (Å²) in [6.07, 6.45) is 3.49. The largest absolute Gasteiger partial charge is 0.350 e. The Labute approximate surface area is 125 Å². The molecule has 4 heteroatoms. The van der Waals surface area contributed by atoms with Crippen LogP contribution in [0.3, 0.4) is 0 Å². The van der Waals surface area contributed by atoms with E-state index in [-0.39, 0.29) is 11.9 Å². The molecule has 3 fully saturated rings. The summed E-state index contributed by atoms with van der Waals surface area (Å²) < 4.78 is 0. The van der Waals surface area contributed by atoms with E-state index in [0.29, 0.717) is 12.0 Å². The zero-order valence-electron chi connectivity index (χ0n) is 12.3. The first kappa shape index (κ1) is 13.3. The third-order valence-electron chi connectivity index (χ3n) is 5.35. The van der Waals surface area contributed by atoms with Crippen molar-refractivity contribution < 1.29 is 4.79 Å². The van der Waals surface area contributed by atoms with Gasteiger partial charge in [0.25, 0.3) is 0 Å². The van der Waals surface area contributed by atoms with Gasteiger partial charge in [0.15, 0.2) is 0 Å². The number of fused-ring (bicyclic) bond motifs is 4. The molecule has 3 saturated heterocycles.